The number of aliphatic hydroxyl groups is 3. The summed E-state index contributed by atoms with van der Waals surface area (Å²) in [5, 5.41) is 44.5. The smallest absolute Gasteiger partial charge is 0.255 e. The Morgan fingerprint density at radius 1 is 1.20 bits per heavy atom. The highest BCUT2D eigenvalue weighted by molar-refractivity contribution is 6.22. The number of nitrogens with zero attached hydrogens (tertiary/aromatic N) is 2. The molecule has 0 aromatic heterocycles. The van der Waals surface area contributed by atoms with Crippen LogP contribution >= 0.6 is 0 Å². The van der Waals surface area contributed by atoms with Crippen molar-refractivity contribution < 1.29 is 39.5 Å². The van der Waals surface area contributed by atoms with Crippen LogP contribution in [0.25, 0.3) is 5.76 Å². The van der Waals surface area contributed by atoms with Crippen LogP contribution in [0.2, 0.25) is 0 Å². The number of aromatic hydroxyl groups is 1. The first-order valence-corrected chi connectivity index (χ1v) is 13.9. The Labute approximate surface area is 232 Å². The lowest BCUT2D eigenvalue weighted by Crippen LogP contribution is -2.58. The van der Waals surface area contributed by atoms with E-state index in [9.17, 15) is 34.8 Å². The van der Waals surface area contributed by atoms with Crippen molar-refractivity contribution in [2.24, 2.45) is 17.6 Å². The van der Waals surface area contributed by atoms with Crippen LogP contribution in [0.4, 0.5) is 0 Å². The predicted molar refractivity (Wildman–Crippen MR) is 145 cm³/mol. The van der Waals surface area contributed by atoms with E-state index in [4.69, 9.17) is 10.5 Å². The van der Waals surface area contributed by atoms with Gasteiger partial charge in [0.1, 0.15) is 28.6 Å². The number of primary amides is 1. The number of rotatable bonds is 8. The first-order chi connectivity index (χ1) is 19.0. The number of ether oxygens (including phenoxy) is 1. The number of Topliss-reactive ketones (excluding diaryl/α,β-unsaturated/α-hetero) is 2. The van der Waals surface area contributed by atoms with Gasteiger partial charge in [-0.1, -0.05) is 6.92 Å². The minimum atomic E-state index is -2.58. The maximum atomic E-state index is 13.7. The molecule has 0 radical (unpaired) electrons. The number of likely N-dealkylation sites (tertiary alicyclic amines) is 1. The first-order valence-electron chi connectivity index (χ1n) is 13.9. The van der Waals surface area contributed by atoms with Crippen molar-refractivity contribution in [3.63, 3.8) is 0 Å². The fraction of sp³-hybridized carbons (Fsp3) is 0.552. The Hall–Kier alpha value is -3.41. The van der Waals surface area contributed by atoms with Crippen LogP contribution in [0, 0.1) is 11.8 Å². The van der Waals surface area contributed by atoms with Crippen molar-refractivity contribution in [1.82, 2.24) is 9.80 Å². The Balaban J connectivity index is 1.52. The molecule has 3 atom stereocenters. The molecule has 1 amide bonds. The molecule has 1 heterocycles. The molecule has 216 valence electrons. The maximum Gasteiger partial charge on any atom is 0.255 e. The Bertz CT molecular complexity index is 1330. The molecule has 0 spiro atoms. The Morgan fingerprint density at radius 3 is 2.52 bits per heavy atom. The van der Waals surface area contributed by atoms with E-state index in [-0.39, 0.29) is 36.1 Å². The molecule has 1 saturated carbocycles. The summed E-state index contributed by atoms with van der Waals surface area (Å²) in [7, 11) is 1.52. The number of phenols is 1. The van der Waals surface area contributed by atoms with Crippen molar-refractivity contribution in [2.45, 2.75) is 51.2 Å². The number of methoxy groups -OCH3 is 1. The molecule has 1 saturated heterocycles. The molecule has 1 unspecified atom stereocenters. The highest BCUT2D eigenvalue weighted by Crippen LogP contribution is 2.53. The number of amides is 1. The molecule has 1 aromatic carbocycles. The fourth-order valence-corrected chi connectivity index (χ4v) is 6.98. The number of phenolic OH excluding ortho intramolecular Hbond substituents is 1. The van der Waals surface area contributed by atoms with Gasteiger partial charge in [0.2, 0.25) is 5.78 Å². The summed E-state index contributed by atoms with van der Waals surface area (Å²) in [4.78, 5) is 42.7. The summed E-state index contributed by atoms with van der Waals surface area (Å²) in [6, 6.07) is 1.53. The van der Waals surface area contributed by atoms with Gasteiger partial charge in [-0.05, 0) is 57.3 Å². The normalized spacial score (nSPS) is 26.7. The zero-order chi connectivity index (χ0) is 28.9. The lowest BCUT2D eigenvalue weighted by atomic mass is 9.59. The third kappa shape index (κ3) is 4.36. The maximum absolute atomic E-state index is 13.7. The zero-order valence-electron chi connectivity index (χ0n) is 22.9. The number of ketones is 2. The van der Waals surface area contributed by atoms with Crippen LogP contribution in [0.5, 0.6) is 11.5 Å². The molecule has 2 fully saturated rings. The number of likely N-dealkylation sites (N-methyl/N-ethyl adjacent to an activating group) is 1. The van der Waals surface area contributed by atoms with Gasteiger partial charge < -0.3 is 35.8 Å². The number of hydrogen-bond donors (Lipinski definition) is 5. The lowest BCUT2D eigenvalue weighted by molar-refractivity contribution is -0.147. The summed E-state index contributed by atoms with van der Waals surface area (Å²) < 4.78 is 5.81. The SMILES string of the molecule is CCN(CCN1CCCC1)Cc1cc(O)c2c(c1OC)CC1C[C@H]3CC(=O)C(C(N)=O)=C(O)[C@@]3(O)C(=O)C1=C2O. The summed E-state index contributed by atoms with van der Waals surface area (Å²) in [5.74, 6) is -5.95. The topological polar surface area (TPSA) is 174 Å². The van der Waals surface area contributed by atoms with Crippen LogP contribution in [-0.2, 0) is 27.3 Å². The molecule has 6 N–H and O–H groups in total. The highest BCUT2D eigenvalue weighted by atomic mass is 16.5. The van der Waals surface area contributed by atoms with Gasteiger partial charge >= 0.3 is 0 Å². The molecular weight excluding hydrogens is 518 g/mol. The fourth-order valence-electron chi connectivity index (χ4n) is 6.98. The third-order valence-corrected chi connectivity index (χ3v) is 9.07. The standard InChI is InChI=1S/C29H37N3O8/c1-3-31(8-9-32-6-4-5-7-32)14-16-12-19(33)22-18(25(16)40-2)11-15-10-17-13-20(34)23(28(30)38)27(37)29(17,39)26(36)21(15)24(22)35/h12,15,17,33,35,37,39H,3-11,13-14H2,1-2H3,(H2,30,38)/t15?,17-,29-/m0/s1. The van der Waals surface area contributed by atoms with Gasteiger partial charge in [-0.3, -0.25) is 19.3 Å². The largest absolute Gasteiger partial charge is 0.508 e. The second-order valence-electron chi connectivity index (χ2n) is 11.3. The van der Waals surface area contributed by atoms with Gasteiger partial charge in [0.25, 0.3) is 5.91 Å². The van der Waals surface area contributed by atoms with E-state index in [2.05, 4.69) is 16.7 Å². The molecule has 1 aromatic rings. The average Bonchev–Trinajstić information content (AvgIpc) is 3.42. The minimum absolute atomic E-state index is 0.0350. The average molecular weight is 556 g/mol. The number of fused-ring (bicyclic) bond motifs is 3. The van der Waals surface area contributed by atoms with Gasteiger partial charge in [-0.15, -0.1) is 0 Å². The van der Waals surface area contributed by atoms with Crippen molar-refractivity contribution in [3.05, 3.63) is 39.7 Å². The number of aliphatic hydroxyl groups excluding tert-OH is 2. The van der Waals surface area contributed by atoms with E-state index in [1.165, 1.54) is 26.0 Å². The van der Waals surface area contributed by atoms with Crippen LogP contribution in [-0.4, -0.2) is 93.1 Å². The second-order valence-corrected chi connectivity index (χ2v) is 11.3. The van der Waals surface area contributed by atoms with Gasteiger partial charge in [0.05, 0.1) is 12.7 Å². The summed E-state index contributed by atoms with van der Waals surface area (Å²) in [6.07, 6.45) is 2.37. The van der Waals surface area contributed by atoms with Crippen LogP contribution in [0.15, 0.2) is 23.0 Å². The molecule has 0 bridgehead atoms. The van der Waals surface area contributed by atoms with Crippen molar-refractivity contribution >= 4 is 23.2 Å². The summed E-state index contributed by atoms with van der Waals surface area (Å²) >= 11 is 0. The minimum Gasteiger partial charge on any atom is -0.508 e. The van der Waals surface area contributed by atoms with E-state index < -0.39 is 52.0 Å². The monoisotopic (exact) mass is 555 g/mol. The Morgan fingerprint density at radius 2 is 1.90 bits per heavy atom. The second kappa shape index (κ2) is 10.5. The molecular formula is C29H37N3O8. The highest BCUT2D eigenvalue weighted by Gasteiger charge is 2.60. The van der Waals surface area contributed by atoms with Crippen molar-refractivity contribution in [3.8, 4) is 11.5 Å². The number of carbonyl (C=O) groups excluding carboxylic acids is 3. The number of benzene rings is 1. The first kappa shape index (κ1) is 28.1. The van der Waals surface area contributed by atoms with Gasteiger partial charge in [-0.25, -0.2) is 0 Å². The molecule has 5 rings (SSSR count). The summed E-state index contributed by atoms with van der Waals surface area (Å²) in [5.41, 5.74) is 3.02. The molecule has 4 aliphatic rings. The lowest BCUT2D eigenvalue weighted by Gasteiger charge is -2.46. The van der Waals surface area contributed by atoms with Crippen LogP contribution in [0.3, 0.4) is 0 Å². The van der Waals surface area contributed by atoms with Crippen molar-refractivity contribution in [2.75, 3.05) is 39.8 Å². The number of nitrogens with two attached hydrogens (primary N) is 1. The van der Waals surface area contributed by atoms with Crippen molar-refractivity contribution in [1.29, 1.82) is 0 Å². The molecule has 3 aliphatic carbocycles. The quantitative estimate of drug-likeness (QED) is 0.295. The number of hydrogen-bond acceptors (Lipinski definition) is 10. The van der Waals surface area contributed by atoms with E-state index in [1.807, 2.05) is 0 Å². The number of carbonyl (C=O) groups is 3. The van der Waals surface area contributed by atoms with Gasteiger partial charge in [0.15, 0.2) is 11.4 Å². The molecule has 40 heavy (non-hydrogen) atoms. The van der Waals surface area contributed by atoms with E-state index in [0.29, 0.717) is 17.9 Å². The van der Waals surface area contributed by atoms with Gasteiger partial charge in [-0.2, -0.15) is 0 Å². The molecule has 11 nitrogen and oxygen atoms in total. The van der Waals surface area contributed by atoms with Gasteiger partial charge in [0, 0.05) is 48.7 Å². The zero-order valence-corrected chi connectivity index (χ0v) is 22.9. The molecule has 1 aliphatic heterocycles. The molecule has 11 heteroatoms. The van der Waals surface area contributed by atoms with E-state index in [1.54, 1.807) is 0 Å². The summed E-state index contributed by atoms with van der Waals surface area (Å²) in [6.45, 7) is 7.39. The van der Waals surface area contributed by atoms with Crippen LogP contribution in [0.1, 0.15) is 49.3 Å². The predicted octanol–water partition coefficient (Wildman–Crippen LogP) is 1.35. The van der Waals surface area contributed by atoms with Crippen LogP contribution < -0.4 is 10.5 Å². The van der Waals surface area contributed by atoms with E-state index >= 15 is 0 Å². The van der Waals surface area contributed by atoms with E-state index in [0.717, 1.165) is 38.3 Å². The third-order valence-electron chi connectivity index (χ3n) is 9.07. The Kier molecular flexibility index (Phi) is 7.41.